The first-order valence-corrected chi connectivity index (χ1v) is 9.20. The Morgan fingerprint density at radius 3 is 2.48 bits per heavy atom. The number of H-pyrrole nitrogens is 1. The van der Waals surface area contributed by atoms with Crippen LogP contribution in [-0.2, 0) is 11.3 Å². The van der Waals surface area contributed by atoms with E-state index in [9.17, 15) is 14.4 Å². The highest BCUT2D eigenvalue weighted by Crippen LogP contribution is 2.15. The number of carbonyl (C=O) groups excluding carboxylic acids is 1. The first kappa shape index (κ1) is 18.9. The topological polar surface area (TPSA) is 90.4 Å². The van der Waals surface area contributed by atoms with Crippen molar-refractivity contribution in [1.29, 1.82) is 0 Å². The zero-order valence-electron chi connectivity index (χ0n) is 15.3. The number of aromatic amines is 1. The number of nitrogens with zero attached hydrogens (tertiary/aromatic N) is 3. The van der Waals surface area contributed by atoms with E-state index in [4.69, 9.17) is 0 Å². The second kappa shape index (κ2) is 9.18. The molecule has 2 aromatic rings. The Labute approximate surface area is 157 Å². The fraction of sp³-hybridized carbons (Fsp3) is 0.421. The summed E-state index contributed by atoms with van der Waals surface area (Å²) in [7, 11) is 0. The molecule has 0 unspecified atom stereocenters. The Kier molecular flexibility index (Phi) is 6.43. The average molecular weight is 371 g/mol. The molecule has 0 radical (unpaired) electrons. The maximum absolute atomic E-state index is 11.9. The monoisotopic (exact) mass is 371 g/mol. The first-order chi connectivity index (χ1) is 13.1. The highest BCUT2D eigenvalue weighted by Gasteiger charge is 2.16. The summed E-state index contributed by atoms with van der Waals surface area (Å²) in [5.41, 5.74) is 0.222. The van der Waals surface area contributed by atoms with Crippen molar-refractivity contribution in [3.05, 3.63) is 63.4 Å². The number of rotatable bonds is 7. The molecule has 1 fully saturated rings. The molecule has 2 heterocycles. The van der Waals surface area contributed by atoms with E-state index in [1.54, 1.807) is 0 Å². The minimum absolute atomic E-state index is 0.0919. The summed E-state index contributed by atoms with van der Waals surface area (Å²) < 4.78 is 1.18. The van der Waals surface area contributed by atoms with Crippen molar-refractivity contribution in [2.24, 2.45) is 0 Å². The van der Waals surface area contributed by atoms with Gasteiger partial charge in [-0.25, -0.2) is 4.79 Å². The summed E-state index contributed by atoms with van der Waals surface area (Å²) in [5, 5.41) is 2.82. The first-order valence-electron chi connectivity index (χ1n) is 9.20. The van der Waals surface area contributed by atoms with E-state index < -0.39 is 11.2 Å². The van der Waals surface area contributed by atoms with Gasteiger partial charge in [-0.2, -0.15) is 0 Å². The van der Waals surface area contributed by atoms with E-state index in [0.29, 0.717) is 6.54 Å². The summed E-state index contributed by atoms with van der Waals surface area (Å²) >= 11 is 0. The Morgan fingerprint density at radius 1 is 1.04 bits per heavy atom. The largest absolute Gasteiger partial charge is 0.369 e. The van der Waals surface area contributed by atoms with Crippen LogP contribution in [0.3, 0.4) is 0 Å². The number of aromatic nitrogens is 2. The number of piperazine rings is 1. The van der Waals surface area contributed by atoms with Gasteiger partial charge in [0.2, 0.25) is 5.91 Å². The van der Waals surface area contributed by atoms with Gasteiger partial charge in [-0.15, -0.1) is 0 Å². The Balaban J connectivity index is 1.33. The molecule has 8 heteroatoms. The predicted octanol–water partition coefficient (Wildman–Crippen LogP) is -0.135. The van der Waals surface area contributed by atoms with Gasteiger partial charge in [0.1, 0.15) is 6.54 Å². The molecule has 8 nitrogen and oxygen atoms in total. The molecule has 2 N–H and O–H groups in total. The van der Waals surface area contributed by atoms with Crippen LogP contribution < -0.4 is 21.5 Å². The molecule has 1 aliphatic rings. The van der Waals surface area contributed by atoms with Crippen molar-refractivity contribution in [2.45, 2.75) is 13.0 Å². The molecular weight excluding hydrogens is 346 g/mol. The second-order valence-electron chi connectivity index (χ2n) is 6.61. The summed E-state index contributed by atoms with van der Waals surface area (Å²) in [5.74, 6) is -0.238. The van der Waals surface area contributed by atoms with Crippen molar-refractivity contribution in [2.75, 3.05) is 44.2 Å². The third-order valence-corrected chi connectivity index (χ3v) is 4.68. The number of hydrogen-bond donors (Lipinski definition) is 2. The lowest BCUT2D eigenvalue weighted by Gasteiger charge is -2.36. The molecular formula is C19H25N5O3. The van der Waals surface area contributed by atoms with E-state index in [2.05, 4.69) is 44.4 Å². The summed E-state index contributed by atoms with van der Waals surface area (Å²) in [6.07, 6.45) is 2.19. The van der Waals surface area contributed by atoms with Crippen LogP contribution in [0.25, 0.3) is 0 Å². The SMILES string of the molecule is O=C(Cn1ccc(=O)[nH]c1=O)NCCCN1CCN(c2ccccc2)CC1. The van der Waals surface area contributed by atoms with Gasteiger partial charge in [-0.05, 0) is 25.1 Å². The number of para-hydroxylation sites is 1. The fourth-order valence-electron chi connectivity index (χ4n) is 3.18. The van der Waals surface area contributed by atoms with Gasteiger partial charge in [-0.3, -0.25) is 24.0 Å². The van der Waals surface area contributed by atoms with Crippen LogP contribution in [-0.4, -0.2) is 59.6 Å². The molecule has 0 spiro atoms. The molecule has 0 saturated carbocycles. The molecule has 0 atom stereocenters. The average Bonchev–Trinajstić information content (AvgIpc) is 2.69. The van der Waals surface area contributed by atoms with Gasteiger partial charge in [0, 0.05) is 50.7 Å². The van der Waals surface area contributed by atoms with Crippen LogP contribution in [0.5, 0.6) is 0 Å². The zero-order chi connectivity index (χ0) is 19.1. The van der Waals surface area contributed by atoms with Crippen molar-refractivity contribution < 1.29 is 4.79 Å². The summed E-state index contributed by atoms with van der Waals surface area (Å²) in [6.45, 7) is 5.44. The maximum atomic E-state index is 11.9. The molecule has 0 bridgehead atoms. The Morgan fingerprint density at radius 2 is 1.78 bits per heavy atom. The quantitative estimate of drug-likeness (QED) is 0.662. The lowest BCUT2D eigenvalue weighted by molar-refractivity contribution is -0.121. The van der Waals surface area contributed by atoms with Crippen LogP contribution in [0.4, 0.5) is 5.69 Å². The molecule has 1 amide bonds. The predicted molar refractivity (Wildman–Crippen MR) is 104 cm³/mol. The molecule has 1 saturated heterocycles. The van der Waals surface area contributed by atoms with E-state index >= 15 is 0 Å². The molecule has 1 aromatic heterocycles. The fourth-order valence-corrected chi connectivity index (χ4v) is 3.18. The second-order valence-corrected chi connectivity index (χ2v) is 6.61. The molecule has 1 aromatic carbocycles. The highest BCUT2D eigenvalue weighted by atomic mass is 16.2. The van der Waals surface area contributed by atoms with Gasteiger partial charge in [0.25, 0.3) is 5.56 Å². The van der Waals surface area contributed by atoms with Gasteiger partial charge >= 0.3 is 5.69 Å². The Bertz CT molecular complexity index is 853. The third-order valence-electron chi connectivity index (χ3n) is 4.68. The van der Waals surface area contributed by atoms with E-state index in [1.165, 1.54) is 22.5 Å². The number of benzene rings is 1. The number of amides is 1. The van der Waals surface area contributed by atoms with Crippen LogP contribution >= 0.6 is 0 Å². The number of nitrogens with one attached hydrogen (secondary N) is 2. The lowest BCUT2D eigenvalue weighted by atomic mass is 10.2. The maximum Gasteiger partial charge on any atom is 0.328 e. The van der Waals surface area contributed by atoms with Gasteiger partial charge in [0.15, 0.2) is 0 Å². The summed E-state index contributed by atoms with van der Waals surface area (Å²) in [6, 6.07) is 11.7. The standard InChI is InChI=1S/C19H25N5O3/c25-17-7-10-24(19(27)21-17)15-18(26)20-8-4-9-22-11-13-23(14-12-22)16-5-2-1-3-6-16/h1-3,5-7,10H,4,8-9,11-15H2,(H,20,26)(H,21,25,27). The third kappa shape index (κ3) is 5.55. The van der Waals surface area contributed by atoms with Gasteiger partial charge in [0.05, 0.1) is 0 Å². The van der Waals surface area contributed by atoms with E-state index in [0.717, 1.165) is 39.1 Å². The Hall–Kier alpha value is -2.87. The van der Waals surface area contributed by atoms with Crippen molar-refractivity contribution in [1.82, 2.24) is 19.8 Å². The zero-order valence-corrected chi connectivity index (χ0v) is 15.3. The van der Waals surface area contributed by atoms with Gasteiger partial charge in [-0.1, -0.05) is 18.2 Å². The van der Waals surface area contributed by atoms with Gasteiger partial charge < -0.3 is 10.2 Å². The van der Waals surface area contributed by atoms with Crippen LogP contribution in [0.2, 0.25) is 0 Å². The normalized spacial score (nSPS) is 14.9. The van der Waals surface area contributed by atoms with E-state index in [1.807, 2.05) is 6.07 Å². The molecule has 27 heavy (non-hydrogen) atoms. The van der Waals surface area contributed by atoms with Crippen molar-refractivity contribution >= 4 is 11.6 Å². The van der Waals surface area contributed by atoms with E-state index in [-0.39, 0.29) is 12.5 Å². The van der Waals surface area contributed by atoms with Crippen LogP contribution in [0.1, 0.15) is 6.42 Å². The minimum Gasteiger partial charge on any atom is -0.369 e. The number of hydrogen-bond acceptors (Lipinski definition) is 5. The van der Waals surface area contributed by atoms with Crippen molar-refractivity contribution in [3.63, 3.8) is 0 Å². The highest BCUT2D eigenvalue weighted by molar-refractivity contribution is 5.75. The number of anilines is 1. The molecule has 3 rings (SSSR count). The molecule has 0 aliphatic carbocycles. The molecule has 1 aliphatic heterocycles. The summed E-state index contributed by atoms with van der Waals surface area (Å²) in [4.78, 5) is 41.4. The molecule has 144 valence electrons. The van der Waals surface area contributed by atoms with Crippen LogP contribution in [0.15, 0.2) is 52.2 Å². The smallest absolute Gasteiger partial charge is 0.328 e. The lowest BCUT2D eigenvalue weighted by Crippen LogP contribution is -2.47. The van der Waals surface area contributed by atoms with Crippen LogP contribution in [0, 0.1) is 0 Å². The minimum atomic E-state index is -0.575. The van der Waals surface area contributed by atoms with Crippen molar-refractivity contribution in [3.8, 4) is 0 Å². The number of carbonyl (C=O) groups is 1.